The molecular formula is C16H22BrFN2. The van der Waals surface area contributed by atoms with Crippen molar-refractivity contribution < 1.29 is 4.39 Å². The standard InChI is InChI=1S/C16H22BrFN2/c1-12(2)5-8-20-9-6-13(7-10-20)19-14-3-4-15(17)16(18)11-14/h3-5,11,13,19H,6-10H2,1-2H3. The number of piperidine rings is 1. The van der Waals surface area contributed by atoms with Crippen molar-refractivity contribution in [2.75, 3.05) is 25.0 Å². The number of allylic oxidation sites excluding steroid dienone is 1. The van der Waals surface area contributed by atoms with Crippen molar-refractivity contribution in [3.05, 3.63) is 40.1 Å². The van der Waals surface area contributed by atoms with Gasteiger partial charge in [0.05, 0.1) is 4.47 Å². The first-order valence-electron chi connectivity index (χ1n) is 7.12. The smallest absolute Gasteiger partial charge is 0.139 e. The summed E-state index contributed by atoms with van der Waals surface area (Å²) in [5, 5.41) is 3.43. The van der Waals surface area contributed by atoms with Crippen LogP contribution in [0.4, 0.5) is 10.1 Å². The van der Waals surface area contributed by atoms with Crippen LogP contribution < -0.4 is 5.32 Å². The summed E-state index contributed by atoms with van der Waals surface area (Å²) < 4.78 is 14.0. The van der Waals surface area contributed by atoms with Gasteiger partial charge in [-0.25, -0.2) is 4.39 Å². The van der Waals surface area contributed by atoms with E-state index in [1.54, 1.807) is 12.1 Å². The third-order valence-electron chi connectivity index (χ3n) is 3.64. The zero-order chi connectivity index (χ0) is 14.5. The summed E-state index contributed by atoms with van der Waals surface area (Å²) in [5.41, 5.74) is 2.24. The largest absolute Gasteiger partial charge is 0.382 e. The number of hydrogen-bond acceptors (Lipinski definition) is 2. The molecule has 1 heterocycles. The van der Waals surface area contributed by atoms with Gasteiger partial charge in [-0.05, 0) is 60.8 Å². The Balaban J connectivity index is 1.82. The Kier molecular flexibility index (Phi) is 5.61. The van der Waals surface area contributed by atoms with Crippen LogP contribution in [-0.4, -0.2) is 30.6 Å². The van der Waals surface area contributed by atoms with Crippen molar-refractivity contribution in [3.63, 3.8) is 0 Å². The summed E-state index contributed by atoms with van der Waals surface area (Å²) in [6.07, 6.45) is 4.49. The quantitative estimate of drug-likeness (QED) is 0.815. The molecule has 0 bridgehead atoms. The Morgan fingerprint density at radius 1 is 1.40 bits per heavy atom. The molecule has 0 unspecified atom stereocenters. The number of hydrogen-bond donors (Lipinski definition) is 1. The minimum atomic E-state index is -0.212. The fraction of sp³-hybridized carbons (Fsp3) is 0.500. The van der Waals surface area contributed by atoms with Crippen molar-refractivity contribution >= 4 is 21.6 Å². The van der Waals surface area contributed by atoms with Crippen molar-refractivity contribution in [1.29, 1.82) is 0 Å². The highest BCUT2D eigenvalue weighted by molar-refractivity contribution is 9.10. The third-order valence-corrected chi connectivity index (χ3v) is 4.28. The molecule has 0 amide bonds. The van der Waals surface area contributed by atoms with Crippen LogP contribution in [-0.2, 0) is 0 Å². The summed E-state index contributed by atoms with van der Waals surface area (Å²) in [6.45, 7) is 7.51. The third kappa shape index (κ3) is 4.60. The number of nitrogens with one attached hydrogen (secondary N) is 1. The van der Waals surface area contributed by atoms with Gasteiger partial charge >= 0.3 is 0 Å². The number of rotatable bonds is 4. The highest BCUT2D eigenvalue weighted by Gasteiger charge is 2.18. The van der Waals surface area contributed by atoms with Gasteiger partial charge in [-0.15, -0.1) is 0 Å². The van der Waals surface area contributed by atoms with Crippen LogP contribution >= 0.6 is 15.9 Å². The van der Waals surface area contributed by atoms with Gasteiger partial charge in [0.15, 0.2) is 0 Å². The average molecular weight is 341 g/mol. The number of nitrogens with zero attached hydrogens (tertiary/aromatic N) is 1. The maximum absolute atomic E-state index is 13.5. The summed E-state index contributed by atoms with van der Waals surface area (Å²) in [6, 6.07) is 5.67. The van der Waals surface area contributed by atoms with Gasteiger partial charge in [0, 0.05) is 31.4 Å². The molecule has 0 aliphatic carbocycles. The molecule has 1 aliphatic heterocycles. The van der Waals surface area contributed by atoms with Crippen molar-refractivity contribution in [3.8, 4) is 0 Å². The van der Waals surface area contributed by atoms with E-state index in [1.807, 2.05) is 6.07 Å². The molecule has 0 aromatic heterocycles. The molecule has 0 spiro atoms. The lowest BCUT2D eigenvalue weighted by atomic mass is 10.0. The highest BCUT2D eigenvalue weighted by atomic mass is 79.9. The van der Waals surface area contributed by atoms with E-state index in [4.69, 9.17) is 0 Å². The molecule has 20 heavy (non-hydrogen) atoms. The van der Waals surface area contributed by atoms with Gasteiger partial charge in [-0.2, -0.15) is 0 Å². The van der Waals surface area contributed by atoms with Crippen molar-refractivity contribution in [1.82, 2.24) is 4.90 Å². The molecule has 0 atom stereocenters. The molecule has 1 saturated heterocycles. The van der Waals surface area contributed by atoms with Gasteiger partial charge in [0.1, 0.15) is 5.82 Å². The van der Waals surface area contributed by atoms with Crippen molar-refractivity contribution in [2.45, 2.75) is 32.7 Å². The van der Waals surface area contributed by atoms with E-state index in [1.165, 1.54) is 5.57 Å². The Hall–Kier alpha value is -0.870. The number of benzene rings is 1. The molecule has 4 heteroatoms. The van der Waals surface area contributed by atoms with Crippen LogP contribution in [0.5, 0.6) is 0 Å². The monoisotopic (exact) mass is 340 g/mol. The number of anilines is 1. The minimum absolute atomic E-state index is 0.212. The summed E-state index contributed by atoms with van der Waals surface area (Å²) >= 11 is 3.18. The van der Waals surface area contributed by atoms with Crippen LogP contribution in [0, 0.1) is 5.82 Å². The molecule has 1 N–H and O–H groups in total. The maximum atomic E-state index is 13.5. The fourth-order valence-electron chi connectivity index (χ4n) is 2.39. The predicted octanol–water partition coefficient (Wildman–Crippen LogP) is 4.43. The molecule has 0 saturated carbocycles. The predicted molar refractivity (Wildman–Crippen MR) is 86.6 cm³/mol. The lowest BCUT2D eigenvalue weighted by molar-refractivity contribution is 0.240. The topological polar surface area (TPSA) is 15.3 Å². The minimum Gasteiger partial charge on any atom is -0.382 e. The first-order chi connectivity index (χ1) is 9.54. The van der Waals surface area contributed by atoms with Gasteiger partial charge in [0.2, 0.25) is 0 Å². The maximum Gasteiger partial charge on any atom is 0.139 e. The van der Waals surface area contributed by atoms with E-state index in [0.717, 1.165) is 38.2 Å². The molecule has 2 nitrogen and oxygen atoms in total. The van der Waals surface area contributed by atoms with Gasteiger partial charge in [-0.3, -0.25) is 4.90 Å². The van der Waals surface area contributed by atoms with Crippen LogP contribution in [0.15, 0.2) is 34.3 Å². The second-order valence-corrected chi connectivity index (χ2v) is 6.48. The molecule has 110 valence electrons. The molecule has 0 radical (unpaired) electrons. The zero-order valence-corrected chi connectivity index (χ0v) is 13.7. The second-order valence-electron chi connectivity index (χ2n) is 5.63. The first-order valence-corrected chi connectivity index (χ1v) is 7.91. The Labute approximate surface area is 129 Å². The van der Waals surface area contributed by atoms with E-state index in [-0.39, 0.29) is 5.82 Å². The van der Waals surface area contributed by atoms with Crippen LogP contribution in [0.25, 0.3) is 0 Å². The normalized spacial score (nSPS) is 17.0. The van der Waals surface area contributed by atoms with Crippen LogP contribution in [0.1, 0.15) is 26.7 Å². The lowest BCUT2D eigenvalue weighted by Gasteiger charge is -2.32. The summed E-state index contributed by atoms with van der Waals surface area (Å²) in [7, 11) is 0. The summed E-state index contributed by atoms with van der Waals surface area (Å²) in [5.74, 6) is -0.212. The SMILES string of the molecule is CC(C)=CCN1CCC(Nc2ccc(Br)c(F)c2)CC1. The average Bonchev–Trinajstić information content (AvgIpc) is 2.42. The van der Waals surface area contributed by atoms with E-state index >= 15 is 0 Å². The summed E-state index contributed by atoms with van der Waals surface area (Å²) in [4.78, 5) is 2.47. The zero-order valence-electron chi connectivity index (χ0n) is 12.1. The van der Waals surface area contributed by atoms with Crippen LogP contribution in [0.3, 0.4) is 0 Å². The molecule has 1 aromatic carbocycles. The molecule has 1 aliphatic rings. The van der Waals surface area contributed by atoms with Gasteiger partial charge < -0.3 is 5.32 Å². The Bertz CT molecular complexity index is 475. The van der Waals surface area contributed by atoms with Gasteiger partial charge in [-0.1, -0.05) is 11.6 Å². The molecule has 1 aromatic rings. The Morgan fingerprint density at radius 3 is 2.70 bits per heavy atom. The molecule has 1 fully saturated rings. The number of likely N-dealkylation sites (tertiary alicyclic amines) is 1. The second kappa shape index (κ2) is 7.23. The van der Waals surface area contributed by atoms with Crippen molar-refractivity contribution in [2.24, 2.45) is 0 Å². The van der Waals surface area contributed by atoms with Crippen LogP contribution in [0.2, 0.25) is 0 Å². The lowest BCUT2D eigenvalue weighted by Crippen LogP contribution is -2.39. The van der Waals surface area contributed by atoms with Gasteiger partial charge in [0.25, 0.3) is 0 Å². The van der Waals surface area contributed by atoms with E-state index in [2.05, 4.69) is 46.1 Å². The van der Waals surface area contributed by atoms with E-state index < -0.39 is 0 Å². The Morgan fingerprint density at radius 2 is 2.10 bits per heavy atom. The molecule has 2 rings (SSSR count). The highest BCUT2D eigenvalue weighted by Crippen LogP contribution is 2.22. The molecular weight excluding hydrogens is 319 g/mol. The van der Waals surface area contributed by atoms with E-state index in [0.29, 0.717) is 10.5 Å². The fourth-order valence-corrected chi connectivity index (χ4v) is 2.64. The first kappa shape index (κ1) is 15.5. The number of halogens is 2. The van der Waals surface area contributed by atoms with E-state index in [9.17, 15) is 4.39 Å².